The van der Waals surface area contributed by atoms with Gasteiger partial charge in [0.1, 0.15) is 11.9 Å². The summed E-state index contributed by atoms with van der Waals surface area (Å²) < 4.78 is 10.8. The standard InChI is InChI=1S/C14H18O3/c1-3-17-12-7-5-4-6-11(12)13(15)14(16-2)10-8-9-10/h4-7,10,14H,3,8-9H2,1-2H3. The highest BCUT2D eigenvalue weighted by molar-refractivity contribution is 6.02. The zero-order chi connectivity index (χ0) is 12.3. The van der Waals surface area contributed by atoms with Gasteiger partial charge in [-0.05, 0) is 37.8 Å². The second-order valence-corrected chi connectivity index (χ2v) is 4.29. The first-order valence-electron chi connectivity index (χ1n) is 6.06. The normalized spacial score (nSPS) is 16.6. The van der Waals surface area contributed by atoms with Gasteiger partial charge in [0.25, 0.3) is 0 Å². The molecule has 3 heteroatoms. The van der Waals surface area contributed by atoms with Gasteiger partial charge in [-0.3, -0.25) is 4.79 Å². The van der Waals surface area contributed by atoms with E-state index in [1.54, 1.807) is 7.11 Å². The molecule has 1 saturated carbocycles. The average Bonchev–Trinajstić information content (AvgIpc) is 3.15. The molecule has 2 rings (SSSR count). The number of methoxy groups -OCH3 is 1. The molecule has 1 unspecified atom stereocenters. The molecular weight excluding hydrogens is 216 g/mol. The molecule has 0 heterocycles. The van der Waals surface area contributed by atoms with Crippen LogP contribution in [0.15, 0.2) is 24.3 Å². The zero-order valence-corrected chi connectivity index (χ0v) is 10.3. The lowest BCUT2D eigenvalue weighted by atomic mass is 10.0. The van der Waals surface area contributed by atoms with Gasteiger partial charge in [0.05, 0.1) is 12.2 Å². The largest absolute Gasteiger partial charge is 0.493 e. The molecule has 0 N–H and O–H groups in total. The summed E-state index contributed by atoms with van der Waals surface area (Å²) in [5.74, 6) is 1.09. The number of carbonyl (C=O) groups excluding carboxylic acids is 1. The molecule has 92 valence electrons. The van der Waals surface area contributed by atoms with Crippen LogP contribution in [0, 0.1) is 5.92 Å². The molecule has 1 aliphatic rings. The number of carbonyl (C=O) groups is 1. The Balaban J connectivity index is 2.22. The van der Waals surface area contributed by atoms with Crippen molar-refractivity contribution in [2.24, 2.45) is 5.92 Å². The monoisotopic (exact) mass is 234 g/mol. The van der Waals surface area contributed by atoms with Gasteiger partial charge in [0.15, 0.2) is 5.78 Å². The first-order valence-corrected chi connectivity index (χ1v) is 6.06. The summed E-state index contributed by atoms with van der Waals surface area (Å²) >= 11 is 0. The lowest BCUT2D eigenvalue weighted by molar-refractivity contribution is 0.0536. The molecule has 0 spiro atoms. The van der Waals surface area contributed by atoms with Crippen molar-refractivity contribution in [3.8, 4) is 5.75 Å². The molecule has 1 atom stereocenters. The van der Waals surface area contributed by atoms with E-state index in [4.69, 9.17) is 9.47 Å². The van der Waals surface area contributed by atoms with Crippen LogP contribution in [0.4, 0.5) is 0 Å². The van der Waals surface area contributed by atoms with Crippen LogP contribution in [0.25, 0.3) is 0 Å². The summed E-state index contributed by atoms with van der Waals surface area (Å²) in [6.45, 7) is 2.47. The van der Waals surface area contributed by atoms with Gasteiger partial charge in [-0.1, -0.05) is 12.1 Å². The molecule has 0 radical (unpaired) electrons. The van der Waals surface area contributed by atoms with E-state index >= 15 is 0 Å². The molecule has 17 heavy (non-hydrogen) atoms. The summed E-state index contributed by atoms with van der Waals surface area (Å²) in [7, 11) is 1.60. The van der Waals surface area contributed by atoms with Crippen molar-refractivity contribution < 1.29 is 14.3 Å². The van der Waals surface area contributed by atoms with E-state index in [2.05, 4.69) is 0 Å². The summed E-state index contributed by atoms with van der Waals surface area (Å²) in [5.41, 5.74) is 0.632. The van der Waals surface area contributed by atoms with E-state index in [1.165, 1.54) is 0 Å². The van der Waals surface area contributed by atoms with Gasteiger partial charge in [0.2, 0.25) is 0 Å². The van der Waals surface area contributed by atoms with E-state index < -0.39 is 0 Å². The molecule has 1 fully saturated rings. The lowest BCUT2D eigenvalue weighted by Gasteiger charge is -2.15. The number of hydrogen-bond donors (Lipinski definition) is 0. The molecule has 3 nitrogen and oxygen atoms in total. The first kappa shape index (κ1) is 12.1. The van der Waals surface area contributed by atoms with Crippen molar-refractivity contribution >= 4 is 5.78 Å². The number of Topliss-reactive ketones (excluding diaryl/α,β-unsaturated/α-hetero) is 1. The van der Waals surface area contributed by atoms with Crippen LogP contribution in [-0.2, 0) is 4.74 Å². The minimum atomic E-state index is -0.309. The molecule has 0 saturated heterocycles. The highest BCUT2D eigenvalue weighted by Gasteiger charge is 2.37. The van der Waals surface area contributed by atoms with E-state index in [1.807, 2.05) is 31.2 Å². The fourth-order valence-electron chi connectivity index (χ4n) is 2.02. The predicted molar refractivity (Wildman–Crippen MR) is 65.5 cm³/mol. The fourth-order valence-corrected chi connectivity index (χ4v) is 2.02. The van der Waals surface area contributed by atoms with Crippen molar-refractivity contribution in [2.75, 3.05) is 13.7 Å². The molecule has 1 aliphatic carbocycles. The number of ether oxygens (including phenoxy) is 2. The predicted octanol–water partition coefficient (Wildman–Crippen LogP) is 2.69. The minimum absolute atomic E-state index is 0.0408. The molecule has 0 bridgehead atoms. The average molecular weight is 234 g/mol. The van der Waals surface area contributed by atoms with Crippen LogP contribution in [0.3, 0.4) is 0 Å². The maximum Gasteiger partial charge on any atom is 0.195 e. The molecule has 0 aromatic heterocycles. The van der Waals surface area contributed by atoms with Crippen LogP contribution in [-0.4, -0.2) is 25.6 Å². The van der Waals surface area contributed by atoms with Gasteiger partial charge < -0.3 is 9.47 Å². The molecule has 0 aliphatic heterocycles. The SMILES string of the molecule is CCOc1ccccc1C(=O)C(OC)C1CC1. The third-order valence-corrected chi connectivity index (χ3v) is 3.01. The summed E-state index contributed by atoms with van der Waals surface area (Å²) in [5, 5.41) is 0. The van der Waals surface area contributed by atoms with E-state index in [-0.39, 0.29) is 11.9 Å². The Morgan fingerprint density at radius 2 is 2.12 bits per heavy atom. The van der Waals surface area contributed by atoms with Crippen molar-refractivity contribution in [1.29, 1.82) is 0 Å². The zero-order valence-electron chi connectivity index (χ0n) is 10.3. The second-order valence-electron chi connectivity index (χ2n) is 4.29. The van der Waals surface area contributed by atoms with Gasteiger partial charge in [-0.2, -0.15) is 0 Å². The van der Waals surface area contributed by atoms with Crippen LogP contribution < -0.4 is 4.74 Å². The van der Waals surface area contributed by atoms with Crippen molar-refractivity contribution in [2.45, 2.75) is 25.9 Å². The number of rotatable bonds is 6. The molecule has 0 amide bonds. The van der Waals surface area contributed by atoms with Crippen molar-refractivity contribution in [3.05, 3.63) is 29.8 Å². The van der Waals surface area contributed by atoms with Gasteiger partial charge in [-0.15, -0.1) is 0 Å². The summed E-state index contributed by atoms with van der Waals surface area (Å²) in [4.78, 5) is 12.3. The number of benzene rings is 1. The third kappa shape index (κ3) is 2.67. The molecule has 1 aromatic rings. The van der Waals surface area contributed by atoms with Crippen LogP contribution in [0.1, 0.15) is 30.1 Å². The van der Waals surface area contributed by atoms with Crippen LogP contribution >= 0.6 is 0 Å². The summed E-state index contributed by atoms with van der Waals surface area (Å²) in [6.07, 6.45) is 1.86. The third-order valence-electron chi connectivity index (χ3n) is 3.01. The van der Waals surface area contributed by atoms with Crippen molar-refractivity contribution in [3.63, 3.8) is 0 Å². The summed E-state index contributed by atoms with van der Waals surface area (Å²) in [6, 6.07) is 7.37. The topological polar surface area (TPSA) is 35.5 Å². The van der Waals surface area contributed by atoms with E-state index in [9.17, 15) is 4.79 Å². The smallest absolute Gasteiger partial charge is 0.195 e. The molecule has 1 aromatic carbocycles. The Kier molecular flexibility index (Phi) is 3.79. The van der Waals surface area contributed by atoms with Crippen molar-refractivity contribution in [1.82, 2.24) is 0 Å². The van der Waals surface area contributed by atoms with Crippen LogP contribution in [0.2, 0.25) is 0 Å². The Morgan fingerprint density at radius 3 is 2.71 bits per heavy atom. The number of hydrogen-bond acceptors (Lipinski definition) is 3. The van der Waals surface area contributed by atoms with Gasteiger partial charge >= 0.3 is 0 Å². The highest BCUT2D eigenvalue weighted by atomic mass is 16.5. The maximum absolute atomic E-state index is 12.3. The fraction of sp³-hybridized carbons (Fsp3) is 0.500. The Hall–Kier alpha value is -1.35. The van der Waals surface area contributed by atoms with E-state index in [0.29, 0.717) is 23.8 Å². The van der Waals surface area contributed by atoms with Gasteiger partial charge in [0, 0.05) is 7.11 Å². The molecular formula is C14H18O3. The van der Waals surface area contributed by atoms with Gasteiger partial charge in [-0.25, -0.2) is 0 Å². The minimum Gasteiger partial charge on any atom is -0.493 e. The van der Waals surface area contributed by atoms with E-state index in [0.717, 1.165) is 12.8 Å². The Labute approximate surface area is 102 Å². The Bertz CT molecular complexity index is 396. The first-order chi connectivity index (χ1) is 8.27. The highest BCUT2D eigenvalue weighted by Crippen LogP contribution is 2.36. The Morgan fingerprint density at radius 1 is 1.41 bits per heavy atom. The quantitative estimate of drug-likeness (QED) is 0.710. The van der Waals surface area contributed by atoms with Crippen LogP contribution in [0.5, 0.6) is 5.75 Å². The number of ketones is 1. The maximum atomic E-state index is 12.3. The second kappa shape index (κ2) is 5.32. The lowest BCUT2D eigenvalue weighted by Crippen LogP contribution is -2.25. The number of para-hydroxylation sites is 1.